The van der Waals surface area contributed by atoms with Gasteiger partial charge >= 0.3 is 0 Å². The lowest BCUT2D eigenvalue weighted by Gasteiger charge is -2.32. The quantitative estimate of drug-likeness (QED) is 0.896. The summed E-state index contributed by atoms with van der Waals surface area (Å²) in [6.07, 6.45) is 2.02. The Balaban J connectivity index is 2.28. The Bertz CT molecular complexity index is 573. The predicted octanol–water partition coefficient (Wildman–Crippen LogP) is 2.38. The molecule has 0 aromatic heterocycles. The molecule has 0 saturated carbocycles. The van der Waals surface area contributed by atoms with Crippen molar-refractivity contribution in [3.63, 3.8) is 0 Å². The number of sulfonamides is 1. The largest absolute Gasteiger partial charge is 0.319 e. The van der Waals surface area contributed by atoms with E-state index in [1.165, 1.54) is 0 Å². The molecule has 2 rings (SSSR count). The monoisotopic (exact) mass is 360 g/mol. The number of rotatable bonds is 4. The number of hydrogen-bond donors (Lipinski definition) is 1. The van der Waals surface area contributed by atoms with Gasteiger partial charge in [0.05, 0.1) is 4.90 Å². The Morgan fingerprint density at radius 3 is 2.90 bits per heavy atom. The zero-order valence-corrected chi connectivity index (χ0v) is 14.3. The molecule has 0 aliphatic carbocycles. The van der Waals surface area contributed by atoms with Crippen LogP contribution < -0.4 is 5.32 Å². The predicted molar refractivity (Wildman–Crippen MR) is 84.3 cm³/mol. The Labute approximate surface area is 129 Å². The molecule has 0 spiro atoms. The molecule has 0 bridgehead atoms. The number of nitrogens with one attached hydrogen (secondary N) is 1. The van der Waals surface area contributed by atoms with Gasteiger partial charge in [-0.2, -0.15) is 4.31 Å². The van der Waals surface area contributed by atoms with Crippen molar-refractivity contribution in [3.05, 3.63) is 28.2 Å². The van der Waals surface area contributed by atoms with E-state index in [0.717, 1.165) is 29.4 Å². The number of piperidine rings is 1. The zero-order valence-electron chi connectivity index (χ0n) is 11.9. The van der Waals surface area contributed by atoms with Crippen LogP contribution in [-0.4, -0.2) is 39.4 Å². The molecular formula is C14H21BrN2O2S. The molecule has 1 atom stereocenters. The van der Waals surface area contributed by atoms with Crippen LogP contribution in [0.2, 0.25) is 0 Å². The third kappa shape index (κ3) is 3.24. The van der Waals surface area contributed by atoms with Gasteiger partial charge in [-0.1, -0.05) is 22.0 Å². The summed E-state index contributed by atoms with van der Waals surface area (Å²) in [6, 6.07) is 5.34. The molecule has 112 valence electrons. The van der Waals surface area contributed by atoms with Gasteiger partial charge in [-0.15, -0.1) is 0 Å². The smallest absolute Gasteiger partial charge is 0.243 e. The van der Waals surface area contributed by atoms with Crippen molar-refractivity contribution in [2.45, 2.75) is 24.7 Å². The minimum Gasteiger partial charge on any atom is -0.319 e. The first-order chi connectivity index (χ1) is 9.46. The Morgan fingerprint density at radius 2 is 2.20 bits per heavy atom. The molecular weight excluding hydrogens is 340 g/mol. The number of nitrogens with zero attached hydrogens (tertiary/aromatic N) is 1. The maximum Gasteiger partial charge on any atom is 0.243 e. The maximum atomic E-state index is 12.8. The second-order valence-corrected chi connectivity index (χ2v) is 8.05. The van der Waals surface area contributed by atoms with E-state index in [9.17, 15) is 8.42 Å². The molecule has 0 radical (unpaired) electrons. The third-order valence-corrected chi connectivity index (χ3v) is 6.68. The van der Waals surface area contributed by atoms with E-state index >= 15 is 0 Å². The highest BCUT2D eigenvalue weighted by molar-refractivity contribution is 9.10. The van der Waals surface area contributed by atoms with Gasteiger partial charge in [0.15, 0.2) is 0 Å². The minimum atomic E-state index is -3.39. The van der Waals surface area contributed by atoms with Gasteiger partial charge in [0.1, 0.15) is 0 Å². The fourth-order valence-electron chi connectivity index (χ4n) is 2.71. The highest BCUT2D eigenvalue weighted by Gasteiger charge is 2.31. The number of benzene rings is 1. The molecule has 1 aromatic rings. The van der Waals surface area contributed by atoms with Crippen molar-refractivity contribution in [2.24, 2.45) is 5.92 Å². The fourth-order valence-corrected chi connectivity index (χ4v) is 5.01. The lowest BCUT2D eigenvalue weighted by Crippen LogP contribution is -2.42. The summed E-state index contributed by atoms with van der Waals surface area (Å²) in [5.74, 6) is 0.399. The summed E-state index contributed by atoms with van der Waals surface area (Å²) in [7, 11) is -1.48. The van der Waals surface area contributed by atoms with Gasteiger partial charge in [-0.25, -0.2) is 8.42 Å². The Hall–Kier alpha value is -0.430. The van der Waals surface area contributed by atoms with Crippen LogP contribution in [0.5, 0.6) is 0 Å². The summed E-state index contributed by atoms with van der Waals surface area (Å²) >= 11 is 3.41. The Kier molecular flexibility index (Phi) is 5.23. The van der Waals surface area contributed by atoms with Crippen LogP contribution in [0.1, 0.15) is 18.4 Å². The van der Waals surface area contributed by atoms with Gasteiger partial charge in [0.2, 0.25) is 10.0 Å². The van der Waals surface area contributed by atoms with Crippen molar-refractivity contribution < 1.29 is 8.42 Å². The van der Waals surface area contributed by atoms with Crippen LogP contribution in [0.25, 0.3) is 0 Å². The second-order valence-electron chi connectivity index (χ2n) is 5.29. The molecule has 1 aromatic carbocycles. The molecule has 1 heterocycles. The summed E-state index contributed by atoms with van der Waals surface area (Å²) in [5, 5.41) is 3.14. The average Bonchev–Trinajstić information content (AvgIpc) is 2.42. The molecule has 6 heteroatoms. The highest BCUT2D eigenvalue weighted by atomic mass is 79.9. The normalized spacial score (nSPS) is 21.1. The summed E-state index contributed by atoms with van der Waals surface area (Å²) < 4.78 is 28.1. The van der Waals surface area contributed by atoms with E-state index in [0.29, 0.717) is 23.9 Å². The zero-order chi connectivity index (χ0) is 14.8. The van der Waals surface area contributed by atoms with Gasteiger partial charge < -0.3 is 5.32 Å². The standard InChI is InChI=1S/C14H21BrN2O2S/c1-11-13(15)6-3-7-14(11)20(18,19)17-8-4-5-12(10-17)9-16-2/h3,6-7,12,16H,4-5,8-10H2,1-2H3/t12-/m1/s1. The van der Waals surface area contributed by atoms with Crippen LogP contribution in [0.4, 0.5) is 0 Å². The molecule has 1 aliphatic heterocycles. The van der Waals surface area contributed by atoms with Crippen LogP contribution in [0.3, 0.4) is 0 Å². The van der Waals surface area contributed by atoms with Crippen LogP contribution in [0.15, 0.2) is 27.6 Å². The van der Waals surface area contributed by atoms with Crippen molar-refractivity contribution in [3.8, 4) is 0 Å². The highest BCUT2D eigenvalue weighted by Crippen LogP contribution is 2.28. The lowest BCUT2D eigenvalue weighted by molar-refractivity contribution is 0.263. The van der Waals surface area contributed by atoms with E-state index in [-0.39, 0.29) is 0 Å². The molecule has 20 heavy (non-hydrogen) atoms. The van der Waals surface area contributed by atoms with E-state index in [2.05, 4.69) is 21.2 Å². The molecule has 1 N–H and O–H groups in total. The summed E-state index contributed by atoms with van der Waals surface area (Å²) in [6.45, 7) is 3.93. The first kappa shape index (κ1) is 15.9. The van der Waals surface area contributed by atoms with Crippen LogP contribution >= 0.6 is 15.9 Å². The Morgan fingerprint density at radius 1 is 1.45 bits per heavy atom. The molecule has 1 aliphatic rings. The fraction of sp³-hybridized carbons (Fsp3) is 0.571. The van der Waals surface area contributed by atoms with Gasteiger partial charge in [0.25, 0.3) is 0 Å². The van der Waals surface area contributed by atoms with E-state index in [4.69, 9.17) is 0 Å². The van der Waals surface area contributed by atoms with Crippen molar-refractivity contribution in [1.82, 2.24) is 9.62 Å². The van der Waals surface area contributed by atoms with Crippen LogP contribution in [0, 0.1) is 12.8 Å². The van der Waals surface area contributed by atoms with E-state index < -0.39 is 10.0 Å². The molecule has 1 fully saturated rings. The number of hydrogen-bond acceptors (Lipinski definition) is 3. The SMILES string of the molecule is CNC[C@H]1CCCN(S(=O)(=O)c2cccc(Br)c2C)C1. The number of halogens is 1. The van der Waals surface area contributed by atoms with Gasteiger partial charge in [0, 0.05) is 17.6 Å². The molecule has 0 amide bonds. The van der Waals surface area contributed by atoms with Gasteiger partial charge in [-0.05, 0) is 57.0 Å². The topological polar surface area (TPSA) is 49.4 Å². The van der Waals surface area contributed by atoms with Crippen molar-refractivity contribution in [1.29, 1.82) is 0 Å². The molecule has 1 saturated heterocycles. The lowest BCUT2D eigenvalue weighted by atomic mass is 10.00. The first-order valence-electron chi connectivity index (χ1n) is 6.86. The van der Waals surface area contributed by atoms with E-state index in [1.54, 1.807) is 16.4 Å². The van der Waals surface area contributed by atoms with Crippen molar-refractivity contribution in [2.75, 3.05) is 26.7 Å². The maximum absolute atomic E-state index is 12.8. The van der Waals surface area contributed by atoms with Gasteiger partial charge in [-0.3, -0.25) is 0 Å². The third-order valence-electron chi connectivity index (χ3n) is 3.81. The average molecular weight is 361 g/mol. The first-order valence-corrected chi connectivity index (χ1v) is 9.10. The molecule has 4 nitrogen and oxygen atoms in total. The summed E-state index contributed by atoms with van der Waals surface area (Å²) in [4.78, 5) is 0.414. The van der Waals surface area contributed by atoms with Crippen molar-refractivity contribution >= 4 is 26.0 Å². The van der Waals surface area contributed by atoms with E-state index in [1.807, 2.05) is 20.0 Å². The summed E-state index contributed by atoms with van der Waals surface area (Å²) in [5.41, 5.74) is 0.781. The second kappa shape index (κ2) is 6.56. The van der Waals surface area contributed by atoms with Crippen LogP contribution in [-0.2, 0) is 10.0 Å². The molecule has 0 unspecified atom stereocenters. The minimum absolute atomic E-state index is 0.399.